The number of nitro benzene ring substituents is 1. The third-order valence-electron chi connectivity index (χ3n) is 3.81. The summed E-state index contributed by atoms with van der Waals surface area (Å²) in [6.07, 6.45) is 0. The van der Waals surface area contributed by atoms with E-state index in [2.05, 4.69) is 5.32 Å². The number of nitro groups is 1. The van der Waals surface area contributed by atoms with E-state index < -0.39 is 4.92 Å². The lowest BCUT2D eigenvalue weighted by Crippen LogP contribution is -3.06. The van der Waals surface area contributed by atoms with E-state index in [0.717, 1.165) is 5.56 Å². The minimum atomic E-state index is -0.513. The number of nitrogens with zero attached hydrogens (tertiary/aromatic N) is 2. The van der Waals surface area contributed by atoms with Crippen LogP contribution in [0.3, 0.4) is 0 Å². The molecule has 2 aromatic rings. The molecule has 1 atom stereocenters. The second kappa shape index (κ2) is 7.77. The molecule has 2 N–H and O–H groups in total. The van der Waals surface area contributed by atoms with Gasteiger partial charge in [-0.3, -0.25) is 10.1 Å². The van der Waals surface area contributed by atoms with Crippen molar-refractivity contribution in [2.24, 2.45) is 0 Å². The van der Waals surface area contributed by atoms with Gasteiger partial charge in [-0.25, -0.2) is 0 Å². The fourth-order valence-corrected chi connectivity index (χ4v) is 2.75. The topological polar surface area (TPSA) is 83.4 Å². The van der Waals surface area contributed by atoms with Crippen LogP contribution in [-0.2, 0) is 0 Å². The van der Waals surface area contributed by atoms with Gasteiger partial charge in [-0.15, -0.1) is 0 Å². The number of anilines is 1. The molecule has 0 heterocycles. The smallest absolute Gasteiger partial charge is 0.270 e. The van der Waals surface area contributed by atoms with Gasteiger partial charge in [0.1, 0.15) is 12.1 Å². The van der Waals surface area contributed by atoms with Crippen LogP contribution in [0, 0.1) is 21.4 Å². The van der Waals surface area contributed by atoms with Crippen molar-refractivity contribution >= 4 is 23.0 Å². The molecular formula is C17H18ClN4O2+. The standard InChI is InChI=1S/C17H17ClN4O2/c1-21(2)17(14-5-3-4-6-15(14)18)11-20-16-8-7-13(22(23)24)9-12(16)10-19/h3-9,17,20H,11H2,1-2H3/p+1/t17-/m1/s1. The van der Waals surface area contributed by atoms with Gasteiger partial charge < -0.3 is 10.2 Å². The summed E-state index contributed by atoms with van der Waals surface area (Å²) in [5, 5.41) is 23.9. The number of quaternary nitrogens is 1. The van der Waals surface area contributed by atoms with Crippen LogP contribution in [0.2, 0.25) is 5.02 Å². The zero-order chi connectivity index (χ0) is 17.7. The van der Waals surface area contributed by atoms with E-state index in [4.69, 9.17) is 11.6 Å². The Morgan fingerprint density at radius 1 is 1.33 bits per heavy atom. The molecule has 0 fully saturated rings. The van der Waals surface area contributed by atoms with E-state index in [9.17, 15) is 15.4 Å². The molecule has 0 aliphatic rings. The van der Waals surface area contributed by atoms with Crippen molar-refractivity contribution in [2.45, 2.75) is 6.04 Å². The number of rotatable bonds is 6. The van der Waals surface area contributed by atoms with E-state index >= 15 is 0 Å². The highest BCUT2D eigenvalue weighted by molar-refractivity contribution is 6.31. The SMILES string of the molecule is C[NH+](C)[C@H](CNc1ccc([N+](=O)[O-])cc1C#N)c1ccccc1Cl. The number of nitrogens with one attached hydrogen (secondary N) is 2. The van der Waals surface area contributed by atoms with E-state index in [1.807, 2.05) is 44.4 Å². The minimum absolute atomic E-state index is 0.0698. The summed E-state index contributed by atoms with van der Waals surface area (Å²) >= 11 is 6.29. The summed E-state index contributed by atoms with van der Waals surface area (Å²) in [5.41, 5.74) is 1.72. The average Bonchev–Trinajstić information content (AvgIpc) is 2.56. The number of non-ortho nitro benzene ring substituents is 1. The highest BCUT2D eigenvalue weighted by Crippen LogP contribution is 2.24. The van der Waals surface area contributed by atoms with Crippen LogP contribution in [0.25, 0.3) is 0 Å². The summed E-state index contributed by atoms with van der Waals surface area (Å²) in [5.74, 6) is 0. The first-order valence-electron chi connectivity index (χ1n) is 7.41. The molecule has 0 amide bonds. The lowest BCUT2D eigenvalue weighted by Gasteiger charge is -2.23. The molecule has 0 saturated heterocycles. The summed E-state index contributed by atoms with van der Waals surface area (Å²) in [4.78, 5) is 11.5. The second-order valence-corrected chi connectivity index (χ2v) is 6.04. The molecule has 2 aromatic carbocycles. The van der Waals surface area contributed by atoms with E-state index in [0.29, 0.717) is 17.3 Å². The number of likely N-dealkylation sites (N-methyl/N-ethyl adjacent to an activating group) is 1. The minimum Gasteiger partial charge on any atom is -0.378 e. The predicted molar refractivity (Wildman–Crippen MR) is 93.3 cm³/mol. The van der Waals surface area contributed by atoms with E-state index in [-0.39, 0.29) is 17.3 Å². The fraction of sp³-hybridized carbons (Fsp3) is 0.235. The summed E-state index contributed by atoms with van der Waals surface area (Å²) < 4.78 is 0. The molecule has 0 aliphatic heterocycles. The summed E-state index contributed by atoms with van der Waals surface area (Å²) in [6, 6.07) is 13.9. The van der Waals surface area contributed by atoms with E-state index in [1.165, 1.54) is 17.0 Å². The zero-order valence-corrected chi connectivity index (χ0v) is 14.2. The molecular weight excluding hydrogens is 328 g/mol. The Labute approximate surface area is 145 Å². The van der Waals surface area contributed by atoms with Crippen molar-refractivity contribution in [1.82, 2.24) is 0 Å². The molecule has 0 unspecified atom stereocenters. The Morgan fingerprint density at radius 2 is 2.04 bits per heavy atom. The Balaban J connectivity index is 2.23. The summed E-state index contributed by atoms with van der Waals surface area (Å²) in [7, 11) is 4.05. The second-order valence-electron chi connectivity index (χ2n) is 5.63. The van der Waals surface area contributed by atoms with Crippen LogP contribution in [-0.4, -0.2) is 25.6 Å². The molecule has 7 heteroatoms. The molecule has 2 rings (SSSR count). The van der Waals surface area contributed by atoms with Gasteiger partial charge in [-0.2, -0.15) is 5.26 Å². The van der Waals surface area contributed by atoms with Gasteiger partial charge in [-0.1, -0.05) is 29.8 Å². The first kappa shape index (κ1) is 17.7. The Morgan fingerprint density at radius 3 is 2.62 bits per heavy atom. The number of hydrogen-bond acceptors (Lipinski definition) is 4. The van der Waals surface area contributed by atoms with Gasteiger partial charge in [0.05, 0.1) is 36.8 Å². The van der Waals surface area contributed by atoms with E-state index in [1.54, 1.807) is 6.07 Å². The van der Waals surface area contributed by atoms with Gasteiger partial charge in [0.15, 0.2) is 0 Å². The fourth-order valence-electron chi connectivity index (χ4n) is 2.49. The average molecular weight is 346 g/mol. The van der Waals surface area contributed by atoms with Crippen molar-refractivity contribution < 1.29 is 9.82 Å². The van der Waals surface area contributed by atoms with Crippen LogP contribution in [0.15, 0.2) is 42.5 Å². The van der Waals surface area contributed by atoms with Gasteiger partial charge >= 0.3 is 0 Å². The molecule has 6 nitrogen and oxygen atoms in total. The maximum atomic E-state index is 10.8. The molecule has 0 saturated carbocycles. The highest BCUT2D eigenvalue weighted by atomic mass is 35.5. The van der Waals surface area contributed by atoms with Gasteiger partial charge in [0, 0.05) is 22.7 Å². The van der Waals surface area contributed by atoms with Gasteiger partial charge in [0.25, 0.3) is 5.69 Å². The predicted octanol–water partition coefficient (Wildman–Crippen LogP) is 2.42. The monoisotopic (exact) mass is 345 g/mol. The van der Waals surface area contributed by atoms with Crippen molar-refractivity contribution in [2.75, 3.05) is 26.0 Å². The molecule has 24 heavy (non-hydrogen) atoms. The van der Waals surface area contributed by atoms with Crippen molar-refractivity contribution in [3.8, 4) is 6.07 Å². The maximum Gasteiger partial charge on any atom is 0.270 e. The third kappa shape index (κ3) is 4.02. The van der Waals surface area contributed by atoms with Gasteiger partial charge in [0.2, 0.25) is 0 Å². The molecule has 124 valence electrons. The summed E-state index contributed by atoms with van der Waals surface area (Å²) in [6.45, 7) is 0.540. The number of benzene rings is 2. The molecule has 0 aliphatic carbocycles. The largest absolute Gasteiger partial charge is 0.378 e. The Kier molecular flexibility index (Phi) is 5.74. The highest BCUT2D eigenvalue weighted by Gasteiger charge is 2.21. The lowest BCUT2D eigenvalue weighted by atomic mass is 10.1. The quantitative estimate of drug-likeness (QED) is 0.622. The molecule has 0 spiro atoms. The first-order chi connectivity index (χ1) is 11.4. The number of hydrogen-bond donors (Lipinski definition) is 2. The molecule has 0 aromatic heterocycles. The normalized spacial score (nSPS) is 11.8. The van der Waals surface area contributed by atoms with Crippen LogP contribution < -0.4 is 10.2 Å². The van der Waals surface area contributed by atoms with Crippen LogP contribution in [0.5, 0.6) is 0 Å². The van der Waals surface area contributed by atoms with Gasteiger partial charge in [-0.05, 0) is 12.1 Å². The van der Waals surface area contributed by atoms with Crippen LogP contribution in [0.4, 0.5) is 11.4 Å². The third-order valence-corrected chi connectivity index (χ3v) is 4.15. The number of halogens is 1. The van der Waals surface area contributed by atoms with Crippen molar-refractivity contribution in [1.29, 1.82) is 5.26 Å². The molecule has 0 bridgehead atoms. The maximum absolute atomic E-state index is 10.8. The zero-order valence-electron chi connectivity index (χ0n) is 13.4. The number of nitriles is 1. The van der Waals surface area contributed by atoms with Crippen molar-refractivity contribution in [3.63, 3.8) is 0 Å². The first-order valence-corrected chi connectivity index (χ1v) is 7.78. The van der Waals surface area contributed by atoms with Crippen LogP contribution in [0.1, 0.15) is 17.2 Å². The molecule has 0 radical (unpaired) electrons. The Hall–Kier alpha value is -2.62. The lowest BCUT2D eigenvalue weighted by molar-refractivity contribution is -0.890. The van der Waals surface area contributed by atoms with Crippen LogP contribution >= 0.6 is 11.6 Å². The van der Waals surface area contributed by atoms with Crippen molar-refractivity contribution in [3.05, 3.63) is 68.7 Å². The Bertz CT molecular complexity index is 786.